The Bertz CT molecular complexity index is 2340. The molecule has 6 rings (SSSR count). The number of ketones is 2. The summed E-state index contributed by atoms with van der Waals surface area (Å²) in [5, 5.41) is 38.5. The van der Waals surface area contributed by atoms with E-state index in [1.165, 1.54) is 33.3 Å². The minimum atomic E-state index is -1.97. The number of likely N-dealkylation sites (tertiary alicyclic amines) is 1. The monoisotopic (exact) mass is 844 g/mol. The second-order valence-corrected chi connectivity index (χ2v) is 17.7. The summed E-state index contributed by atoms with van der Waals surface area (Å²) in [5.74, 6) is -7.40. The van der Waals surface area contributed by atoms with Gasteiger partial charge in [-0.05, 0) is 25.8 Å². The fourth-order valence-corrected chi connectivity index (χ4v) is 9.02. The number of fused-ring (bicyclic) bond motifs is 1. The Balaban J connectivity index is 1.54. The van der Waals surface area contributed by atoms with Crippen molar-refractivity contribution in [2.24, 2.45) is 39.6 Å². The zero-order valence-electron chi connectivity index (χ0n) is 37.0. The van der Waals surface area contributed by atoms with Crippen LogP contribution in [0.2, 0.25) is 0 Å². The van der Waals surface area contributed by atoms with Crippen LogP contribution in [0, 0.1) is 36.5 Å². The molecule has 330 valence electrons. The number of aromatic hydroxyl groups is 2. The van der Waals surface area contributed by atoms with Crippen molar-refractivity contribution in [3.05, 3.63) is 58.0 Å². The first-order valence-electron chi connectivity index (χ1n) is 21.1. The van der Waals surface area contributed by atoms with E-state index in [1.54, 1.807) is 59.8 Å². The van der Waals surface area contributed by atoms with E-state index >= 15 is 0 Å². The minimum Gasteiger partial charge on any atom is -0.507 e. The number of esters is 1. The van der Waals surface area contributed by atoms with E-state index in [-0.39, 0.29) is 61.2 Å². The van der Waals surface area contributed by atoms with Crippen molar-refractivity contribution < 1.29 is 53.4 Å². The SMILES string of the molecule is CO[C@H]1/C=C/O[C@@]2(C)Oc3c(C)c(O)c4c(O)c(c5c(c4c3C2=O)=NC2(CCN(CC(C)C)CC2)N=5)NC(=O)/C(C)=C\C=C\[C@H](C)[C@H](O)[C@@H](C)C(=O)[C@@H](C)[C@H](OC(C)=O)[C@@H]1C. The highest BCUT2D eigenvalue weighted by atomic mass is 16.7. The standard InChI is InChI=1S/C46H60N4O11/c1-22(2)21-50-18-16-46(17-19-50)48-34-31-32-39(54)28(8)42-33(31)43(56)45(10,61-42)59-20-15-30(58-11)25(5)41(60-29(9)51)27(7)38(53)26(6)37(52)23(3)13-12-14-24(4)44(57)47-36(40(32)55)35(34)49-46/h12-15,20,22-23,25-27,30,37,41,52,54-55H,16-19,21H2,1-11H3,(H,47,57)/b13-12+,20-15+,24-14-/t23-,25+,26+,27+,30-,37-,41+,45-/m0/s1. The Labute approximate surface area is 356 Å². The van der Waals surface area contributed by atoms with Gasteiger partial charge in [0.1, 0.15) is 34.4 Å². The summed E-state index contributed by atoms with van der Waals surface area (Å²) in [6.45, 7) is 19.2. The number of benzene rings is 2. The third-order valence-electron chi connectivity index (χ3n) is 12.7. The largest absolute Gasteiger partial charge is 0.507 e. The highest BCUT2D eigenvalue weighted by Gasteiger charge is 2.50. The molecule has 1 amide bonds. The van der Waals surface area contributed by atoms with Crippen LogP contribution in [0.1, 0.15) is 91.1 Å². The van der Waals surface area contributed by atoms with Gasteiger partial charge >= 0.3 is 11.8 Å². The fraction of sp³-hybridized carbons (Fsp3) is 0.565. The van der Waals surface area contributed by atoms with Crippen molar-refractivity contribution in [2.75, 3.05) is 32.1 Å². The van der Waals surface area contributed by atoms with Crippen molar-refractivity contribution >= 4 is 39.9 Å². The van der Waals surface area contributed by atoms with Gasteiger partial charge < -0.3 is 44.5 Å². The van der Waals surface area contributed by atoms with Gasteiger partial charge in [0.25, 0.3) is 11.7 Å². The van der Waals surface area contributed by atoms with E-state index in [2.05, 4.69) is 24.1 Å². The van der Waals surface area contributed by atoms with Gasteiger partial charge in [-0.15, -0.1) is 0 Å². The number of phenols is 2. The van der Waals surface area contributed by atoms with Crippen LogP contribution in [-0.4, -0.2) is 100 Å². The summed E-state index contributed by atoms with van der Waals surface area (Å²) in [4.78, 5) is 67.5. The average molecular weight is 845 g/mol. The van der Waals surface area contributed by atoms with E-state index < -0.39 is 76.8 Å². The topological polar surface area (TPSA) is 206 Å². The van der Waals surface area contributed by atoms with Crippen LogP contribution in [0.3, 0.4) is 0 Å². The highest BCUT2D eigenvalue weighted by molar-refractivity contribution is 6.19. The van der Waals surface area contributed by atoms with E-state index in [0.717, 1.165) is 6.54 Å². The number of rotatable bonds is 4. The maximum absolute atomic E-state index is 14.7. The van der Waals surface area contributed by atoms with E-state index in [0.29, 0.717) is 31.8 Å². The summed E-state index contributed by atoms with van der Waals surface area (Å²) in [5.41, 5.74) is -0.623. The molecule has 0 aromatic heterocycles. The molecule has 1 saturated heterocycles. The molecule has 2 aromatic carbocycles. The number of piperidine rings is 1. The molecule has 0 unspecified atom stereocenters. The van der Waals surface area contributed by atoms with Gasteiger partial charge in [-0.3, -0.25) is 29.2 Å². The molecule has 0 aliphatic carbocycles. The van der Waals surface area contributed by atoms with E-state index in [9.17, 15) is 34.5 Å². The lowest BCUT2D eigenvalue weighted by Gasteiger charge is -2.36. The van der Waals surface area contributed by atoms with Crippen LogP contribution in [-0.2, 0) is 28.6 Å². The molecule has 61 heavy (non-hydrogen) atoms. The molecule has 4 heterocycles. The van der Waals surface area contributed by atoms with Crippen molar-refractivity contribution in [1.82, 2.24) is 4.90 Å². The molecular formula is C46H60N4O11. The molecule has 4 bridgehead atoms. The maximum atomic E-state index is 14.7. The molecule has 4 aliphatic rings. The quantitative estimate of drug-likeness (QED) is 0.238. The molecule has 1 spiro atoms. The number of carbonyl (C=O) groups is 4. The molecule has 0 radical (unpaired) electrons. The zero-order chi connectivity index (χ0) is 44.9. The predicted molar refractivity (Wildman–Crippen MR) is 227 cm³/mol. The first-order chi connectivity index (χ1) is 28.6. The lowest BCUT2D eigenvalue weighted by atomic mass is 9.79. The Hall–Kier alpha value is -5.12. The first kappa shape index (κ1) is 45.4. The van der Waals surface area contributed by atoms with Gasteiger partial charge in [0.15, 0.2) is 11.4 Å². The second kappa shape index (κ2) is 17.3. The number of aliphatic hydroxyl groups excluding tert-OH is 1. The Morgan fingerprint density at radius 2 is 1.66 bits per heavy atom. The number of hydrogen-bond acceptors (Lipinski definition) is 14. The summed E-state index contributed by atoms with van der Waals surface area (Å²) < 4.78 is 23.9. The molecule has 1 fully saturated rings. The Morgan fingerprint density at radius 3 is 2.28 bits per heavy atom. The predicted octanol–water partition coefficient (Wildman–Crippen LogP) is 4.96. The molecule has 8 atom stereocenters. The number of anilines is 1. The molecule has 2 aromatic rings. The summed E-state index contributed by atoms with van der Waals surface area (Å²) in [7, 11) is 1.44. The molecule has 4 aliphatic heterocycles. The Kier molecular flexibility index (Phi) is 12.9. The van der Waals surface area contributed by atoms with Gasteiger partial charge in [0, 0.05) is 87.7 Å². The van der Waals surface area contributed by atoms with Crippen LogP contribution in [0.25, 0.3) is 10.8 Å². The van der Waals surface area contributed by atoms with Gasteiger partial charge in [0.2, 0.25) is 0 Å². The smallest absolute Gasteiger partial charge is 0.312 e. The van der Waals surface area contributed by atoms with Crippen LogP contribution in [0.15, 0.2) is 46.1 Å². The maximum Gasteiger partial charge on any atom is 0.312 e. The van der Waals surface area contributed by atoms with Crippen molar-refractivity contribution in [1.29, 1.82) is 0 Å². The lowest BCUT2D eigenvalue weighted by molar-refractivity contribution is -0.158. The summed E-state index contributed by atoms with van der Waals surface area (Å²) in [6, 6.07) is 0. The van der Waals surface area contributed by atoms with Crippen LogP contribution >= 0.6 is 0 Å². The zero-order valence-corrected chi connectivity index (χ0v) is 37.0. The summed E-state index contributed by atoms with van der Waals surface area (Å²) >= 11 is 0. The molecule has 15 heteroatoms. The number of nitrogens with one attached hydrogen (secondary N) is 1. The van der Waals surface area contributed by atoms with Gasteiger partial charge in [0.05, 0.1) is 40.7 Å². The number of ether oxygens (including phenoxy) is 4. The van der Waals surface area contributed by atoms with Crippen molar-refractivity contribution in [3.8, 4) is 17.2 Å². The van der Waals surface area contributed by atoms with E-state index in [1.807, 2.05) is 0 Å². The normalized spacial score (nSPS) is 31.5. The van der Waals surface area contributed by atoms with Crippen molar-refractivity contribution in [3.63, 3.8) is 0 Å². The van der Waals surface area contributed by atoms with E-state index in [4.69, 9.17) is 28.9 Å². The number of nitrogens with zero attached hydrogens (tertiary/aromatic N) is 3. The third kappa shape index (κ3) is 8.44. The number of aliphatic hydroxyl groups is 1. The molecular weight excluding hydrogens is 785 g/mol. The van der Waals surface area contributed by atoms with Crippen LogP contribution in [0.4, 0.5) is 5.69 Å². The lowest BCUT2D eigenvalue weighted by Crippen LogP contribution is -2.44. The third-order valence-corrected chi connectivity index (χ3v) is 12.7. The fourth-order valence-electron chi connectivity index (χ4n) is 9.02. The molecule has 15 nitrogen and oxygen atoms in total. The second-order valence-electron chi connectivity index (χ2n) is 17.7. The summed E-state index contributed by atoms with van der Waals surface area (Å²) in [6.07, 6.45) is 5.76. The first-order valence-corrected chi connectivity index (χ1v) is 21.1. The number of carbonyl (C=O) groups excluding carboxylic acids is 4. The number of hydrogen-bond donors (Lipinski definition) is 4. The average Bonchev–Trinajstić information content (AvgIpc) is 3.71. The van der Waals surface area contributed by atoms with Gasteiger partial charge in [-0.2, -0.15) is 0 Å². The molecule has 4 N–H and O–H groups in total. The highest BCUT2D eigenvalue weighted by Crippen LogP contribution is 2.50. The van der Waals surface area contributed by atoms with Crippen LogP contribution in [0.5, 0.6) is 17.2 Å². The number of Topliss-reactive ketones (excluding diaryl/α,β-unsaturated/α-hetero) is 2. The number of amides is 1. The number of phenolic OH excluding ortho intramolecular Hbond substituents is 2. The van der Waals surface area contributed by atoms with Crippen LogP contribution < -0.4 is 20.8 Å². The number of allylic oxidation sites excluding steroid dienone is 2. The number of methoxy groups -OCH3 is 1. The molecule has 0 saturated carbocycles. The Morgan fingerprint density at radius 1 is 1.00 bits per heavy atom. The van der Waals surface area contributed by atoms with Crippen molar-refractivity contribution in [2.45, 2.75) is 112 Å². The van der Waals surface area contributed by atoms with Gasteiger partial charge in [-0.25, -0.2) is 0 Å². The minimum absolute atomic E-state index is 0.0267. The van der Waals surface area contributed by atoms with Gasteiger partial charge in [-0.1, -0.05) is 59.8 Å².